The van der Waals surface area contributed by atoms with Gasteiger partial charge in [-0.05, 0) is 49.9 Å². The molecule has 2 aromatic heterocycles. The van der Waals surface area contributed by atoms with Crippen LogP contribution >= 0.6 is 0 Å². The van der Waals surface area contributed by atoms with Crippen molar-refractivity contribution in [3.63, 3.8) is 0 Å². The average Bonchev–Trinajstić information content (AvgIpc) is 2.50. The van der Waals surface area contributed by atoms with Crippen LogP contribution in [-0.4, -0.2) is 16.6 Å². The fourth-order valence-corrected chi connectivity index (χ4v) is 2.69. The van der Waals surface area contributed by atoms with Crippen LogP contribution in [0.25, 0.3) is 0 Å². The van der Waals surface area contributed by atoms with E-state index in [1.807, 2.05) is 31.3 Å². The van der Waals surface area contributed by atoms with Crippen molar-refractivity contribution in [2.24, 2.45) is 0 Å². The molecule has 1 unspecified atom stereocenters. The molecular formula is C16H19N3O. The van der Waals surface area contributed by atoms with Crippen molar-refractivity contribution in [1.82, 2.24) is 9.97 Å². The van der Waals surface area contributed by atoms with Crippen LogP contribution in [0.15, 0.2) is 36.7 Å². The smallest absolute Gasteiger partial charge is 0.237 e. The van der Waals surface area contributed by atoms with E-state index in [2.05, 4.69) is 21.4 Å². The molecule has 0 amide bonds. The molecule has 0 spiro atoms. The lowest BCUT2D eigenvalue weighted by molar-refractivity contribution is 0.328. The molecule has 4 heteroatoms. The third-order valence-electron chi connectivity index (χ3n) is 3.58. The number of rotatable bonds is 4. The molecule has 1 aliphatic rings. The molecule has 1 atom stereocenters. The van der Waals surface area contributed by atoms with Gasteiger partial charge >= 0.3 is 0 Å². The number of aromatic nitrogens is 2. The van der Waals surface area contributed by atoms with Gasteiger partial charge in [-0.2, -0.15) is 0 Å². The van der Waals surface area contributed by atoms with Crippen LogP contribution in [0.4, 0.5) is 5.69 Å². The Morgan fingerprint density at radius 3 is 3.00 bits per heavy atom. The fourth-order valence-electron chi connectivity index (χ4n) is 2.69. The van der Waals surface area contributed by atoms with E-state index in [1.165, 1.54) is 12.0 Å². The van der Waals surface area contributed by atoms with Gasteiger partial charge in [-0.3, -0.25) is 4.98 Å². The number of pyridine rings is 2. The van der Waals surface area contributed by atoms with Gasteiger partial charge in [0.25, 0.3) is 0 Å². The molecule has 0 aromatic carbocycles. The number of aryl methyl sites for hydroxylation is 1. The SMILES string of the molecule is CCOc1ncccc1NC1CCCc2cccnc21. The molecule has 2 heterocycles. The second-order valence-corrected chi connectivity index (χ2v) is 4.93. The van der Waals surface area contributed by atoms with Crippen molar-refractivity contribution >= 4 is 5.69 Å². The van der Waals surface area contributed by atoms with Gasteiger partial charge in [-0.15, -0.1) is 0 Å². The molecule has 2 aromatic rings. The zero-order valence-corrected chi connectivity index (χ0v) is 11.7. The summed E-state index contributed by atoms with van der Waals surface area (Å²) in [5, 5.41) is 3.54. The molecule has 0 saturated carbocycles. The van der Waals surface area contributed by atoms with Gasteiger partial charge in [-0.1, -0.05) is 6.07 Å². The van der Waals surface area contributed by atoms with Gasteiger partial charge in [-0.25, -0.2) is 4.98 Å². The summed E-state index contributed by atoms with van der Waals surface area (Å²) in [4.78, 5) is 8.83. The average molecular weight is 269 g/mol. The van der Waals surface area contributed by atoms with Crippen LogP contribution in [0.5, 0.6) is 5.88 Å². The van der Waals surface area contributed by atoms with Gasteiger partial charge in [0.2, 0.25) is 5.88 Å². The van der Waals surface area contributed by atoms with Crippen LogP contribution < -0.4 is 10.1 Å². The van der Waals surface area contributed by atoms with Gasteiger partial charge in [0.1, 0.15) is 0 Å². The molecule has 3 rings (SSSR count). The minimum Gasteiger partial charge on any atom is -0.476 e. The molecule has 4 nitrogen and oxygen atoms in total. The number of nitrogens with zero attached hydrogens (tertiary/aromatic N) is 2. The first-order valence-electron chi connectivity index (χ1n) is 7.16. The molecule has 0 fully saturated rings. The Bertz CT molecular complexity index is 585. The van der Waals surface area contributed by atoms with Crippen LogP contribution in [0.1, 0.15) is 37.1 Å². The van der Waals surface area contributed by atoms with E-state index >= 15 is 0 Å². The first kappa shape index (κ1) is 12.9. The summed E-state index contributed by atoms with van der Waals surface area (Å²) in [5.74, 6) is 0.665. The lowest BCUT2D eigenvalue weighted by atomic mass is 9.92. The minimum atomic E-state index is 0.239. The van der Waals surface area contributed by atoms with E-state index in [1.54, 1.807) is 6.20 Å². The van der Waals surface area contributed by atoms with Crippen LogP contribution in [0.2, 0.25) is 0 Å². The number of fused-ring (bicyclic) bond motifs is 1. The summed E-state index contributed by atoms with van der Waals surface area (Å²) >= 11 is 0. The Morgan fingerprint density at radius 2 is 2.10 bits per heavy atom. The molecule has 1 aliphatic carbocycles. The van der Waals surface area contributed by atoms with Gasteiger partial charge in [0, 0.05) is 12.4 Å². The maximum atomic E-state index is 5.57. The number of hydrogen-bond donors (Lipinski definition) is 1. The van der Waals surface area contributed by atoms with Gasteiger partial charge < -0.3 is 10.1 Å². The van der Waals surface area contributed by atoms with Crippen molar-refractivity contribution in [2.75, 3.05) is 11.9 Å². The summed E-state index contributed by atoms with van der Waals surface area (Å²) in [6.45, 7) is 2.58. The number of nitrogens with one attached hydrogen (secondary N) is 1. The molecule has 0 saturated heterocycles. The standard InChI is InChI=1S/C16H19N3O/c1-2-20-16-14(9-5-11-18-16)19-13-8-3-6-12-7-4-10-17-15(12)13/h4-5,7,9-11,13,19H,2-3,6,8H2,1H3. The van der Waals surface area contributed by atoms with E-state index < -0.39 is 0 Å². The topological polar surface area (TPSA) is 47.0 Å². The highest BCUT2D eigenvalue weighted by Gasteiger charge is 2.22. The second-order valence-electron chi connectivity index (χ2n) is 4.93. The lowest BCUT2D eigenvalue weighted by Crippen LogP contribution is -2.19. The Morgan fingerprint density at radius 1 is 1.25 bits per heavy atom. The van der Waals surface area contributed by atoms with Crippen molar-refractivity contribution in [3.05, 3.63) is 47.9 Å². The molecular weight excluding hydrogens is 250 g/mol. The van der Waals surface area contributed by atoms with Gasteiger partial charge in [0.15, 0.2) is 0 Å². The summed E-state index contributed by atoms with van der Waals surface area (Å²) in [6.07, 6.45) is 7.01. The summed E-state index contributed by atoms with van der Waals surface area (Å²) in [7, 11) is 0. The molecule has 1 N–H and O–H groups in total. The van der Waals surface area contributed by atoms with Crippen molar-refractivity contribution in [2.45, 2.75) is 32.2 Å². The maximum Gasteiger partial charge on any atom is 0.237 e. The predicted molar refractivity (Wildman–Crippen MR) is 78.9 cm³/mol. The maximum absolute atomic E-state index is 5.57. The van der Waals surface area contributed by atoms with E-state index in [9.17, 15) is 0 Å². The number of anilines is 1. The molecule has 20 heavy (non-hydrogen) atoms. The summed E-state index contributed by atoms with van der Waals surface area (Å²) in [5.41, 5.74) is 3.45. The monoisotopic (exact) mass is 269 g/mol. The minimum absolute atomic E-state index is 0.239. The third kappa shape index (κ3) is 2.59. The Hall–Kier alpha value is -2.10. The van der Waals surface area contributed by atoms with Crippen molar-refractivity contribution in [3.8, 4) is 5.88 Å². The number of ether oxygens (including phenoxy) is 1. The van der Waals surface area contributed by atoms with Crippen molar-refractivity contribution < 1.29 is 4.74 Å². The van der Waals surface area contributed by atoms with E-state index in [0.29, 0.717) is 12.5 Å². The number of hydrogen-bond acceptors (Lipinski definition) is 4. The molecule has 0 bridgehead atoms. The fraction of sp³-hybridized carbons (Fsp3) is 0.375. The highest BCUT2D eigenvalue weighted by Crippen LogP contribution is 2.33. The zero-order chi connectivity index (χ0) is 13.8. The first-order chi connectivity index (χ1) is 9.88. The first-order valence-corrected chi connectivity index (χ1v) is 7.16. The quantitative estimate of drug-likeness (QED) is 0.924. The predicted octanol–water partition coefficient (Wildman–Crippen LogP) is 3.36. The van der Waals surface area contributed by atoms with Crippen LogP contribution in [0, 0.1) is 0 Å². The highest BCUT2D eigenvalue weighted by molar-refractivity contribution is 5.53. The van der Waals surface area contributed by atoms with E-state index in [0.717, 1.165) is 24.2 Å². The molecule has 104 valence electrons. The van der Waals surface area contributed by atoms with E-state index in [4.69, 9.17) is 4.74 Å². The molecule has 0 aliphatic heterocycles. The zero-order valence-electron chi connectivity index (χ0n) is 11.7. The second kappa shape index (κ2) is 5.90. The van der Waals surface area contributed by atoms with E-state index in [-0.39, 0.29) is 6.04 Å². The Labute approximate surface area is 119 Å². The normalized spacial score (nSPS) is 17.4. The summed E-state index contributed by atoms with van der Waals surface area (Å²) in [6, 6.07) is 8.35. The van der Waals surface area contributed by atoms with Crippen molar-refractivity contribution in [1.29, 1.82) is 0 Å². The molecule has 0 radical (unpaired) electrons. The largest absolute Gasteiger partial charge is 0.476 e. The Kier molecular flexibility index (Phi) is 3.81. The Balaban J connectivity index is 1.86. The van der Waals surface area contributed by atoms with Crippen LogP contribution in [-0.2, 0) is 6.42 Å². The van der Waals surface area contributed by atoms with Crippen LogP contribution in [0.3, 0.4) is 0 Å². The van der Waals surface area contributed by atoms with Gasteiger partial charge in [0.05, 0.1) is 24.0 Å². The highest BCUT2D eigenvalue weighted by atomic mass is 16.5. The lowest BCUT2D eigenvalue weighted by Gasteiger charge is -2.26. The third-order valence-corrected chi connectivity index (χ3v) is 3.58. The summed E-state index contributed by atoms with van der Waals surface area (Å²) < 4.78 is 5.57.